The summed E-state index contributed by atoms with van der Waals surface area (Å²) in [6.07, 6.45) is 5.09. The maximum absolute atomic E-state index is 11.9. The summed E-state index contributed by atoms with van der Waals surface area (Å²) in [7, 11) is 0. The van der Waals surface area contributed by atoms with Crippen LogP contribution in [0.3, 0.4) is 0 Å². The molecule has 17 heavy (non-hydrogen) atoms. The number of pyridine rings is 1. The molecule has 0 bridgehead atoms. The standard InChI is InChI=1S/C13H16ClNO2/c1-2-10-7-9(8-12(14)15-10)13(16)17-11-5-3-4-6-11/h7-8,11H,2-6H2,1H3. The number of nitrogens with zero attached hydrogens (tertiary/aromatic N) is 1. The van der Waals surface area contributed by atoms with Crippen LogP contribution in [0.4, 0.5) is 0 Å². The fraction of sp³-hybridized carbons (Fsp3) is 0.538. The van der Waals surface area contributed by atoms with Crippen molar-refractivity contribution in [3.8, 4) is 0 Å². The van der Waals surface area contributed by atoms with Gasteiger partial charge in [0.1, 0.15) is 11.3 Å². The first-order valence-corrected chi connectivity index (χ1v) is 6.44. The highest BCUT2D eigenvalue weighted by molar-refractivity contribution is 6.29. The second-order valence-corrected chi connectivity index (χ2v) is 4.72. The van der Waals surface area contributed by atoms with Gasteiger partial charge in [-0.2, -0.15) is 0 Å². The minimum atomic E-state index is -0.282. The van der Waals surface area contributed by atoms with Gasteiger partial charge in [-0.3, -0.25) is 0 Å². The first kappa shape index (κ1) is 12.4. The molecule has 1 fully saturated rings. The molecule has 1 heterocycles. The first-order valence-electron chi connectivity index (χ1n) is 6.06. The van der Waals surface area contributed by atoms with Crippen molar-refractivity contribution in [1.29, 1.82) is 0 Å². The fourth-order valence-electron chi connectivity index (χ4n) is 2.08. The van der Waals surface area contributed by atoms with Crippen LogP contribution in [0.15, 0.2) is 12.1 Å². The van der Waals surface area contributed by atoms with Crippen molar-refractivity contribution >= 4 is 17.6 Å². The first-order chi connectivity index (χ1) is 8.19. The largest absolute Gasteiger partial charge is 0.459 e. The van der Waals surface area contributed by atoms with Crippen LogP contribution in [0.5, 0.6) is 0 Å². The van der Waals surface area contributed by atoms with E-state index in [9.17, 15) is 4.79 Å². The van der Waals surface area contributed by atoms with E-state index in [4.69, 9.17) is 16.3 Å². The number of hydrogen-bond acceptors (Lipinski definition) is 3. The number of hydrogen-bond donors (Lipinski definition) is 0. The van der Waals surface area contributed by atoms with Gasteiger partial charge >= 0.3 is 5.97 Å². The van der Waals surface area contributed by atoms with Gasteiger partial charge in [-0.25, -0.2) is 9.78 Å². The normalized spacial score (nSPS) is 16.1. The lowest BCUT2D eigenvalue weighted by molar-refractivity contribution is 0.0317. The lowest BCUT2D eigenvalue weighted by Gasteiger charge is -2.11. The van der Waals surface area contributed by atoms with Crippen molar-refractivity contribution in [1.82, 2.24) is 4.98 Å². The zero-order valence-electron chi connectivity index (χ0n) is 9.91. The van der Waals surface area contributed by atoms with Crippen molar-refractivity contribution in [2.75, 3.05) is 0 Å². The lowest BCUT2D eigenvalue weighted by Crippen LogP contribution is -2.15. The van der Waals surface area contributed by atoms with E-state index >= 15 is 0 Å². The van der Waals surface area contributed by atoms with Gasteiger partial charge in [0.2, 0.25) is 0 Å². The number of carbonyl (C=O) groups excluding carboxylic acids is 1. The molecule has 92 valence electrons. The SMILES string of the molecule is CCc1cc(C(=O)OC2CCCC2)cc(Cl)n1. The van der Waals surface area contributed by atoms with Crippen molar-refractivity contribution < 1.29 is 9.53 Å². The van der Waals surface area contributed by atoms with Crippen LogP contribution < -0.4 is 0 Å². The minimum absolute atomic E-state index is 0.0829. The summed E-state index contributed by atoms with van der Waals surface area (Å²) in [5.41, 5.74) is 1.32. The molecular formula is C13H16ClNO2. The molecule has 2 rings (SSSR count). The summed E-state index contributed by atoms with van der Waals surface area (Å²) in [6.45, 7) is 1.98. The van der Waals surface area contributed by atoms with E-state index < -0.39 is 0 Å². The Hall–Kier alpha value is -1.09. The molecule has 1 saturated carbocycles. The van der Waals surface area contributed by atoms with Crippen molar-refractivity contribution in [3.05, 3.63) is 28.5 Å². The third kappa shape index (κ3) is 3.19. The second kappa shape index (κ2) is 5.50. The Morgan fingerprint density at radius 2 is 2.18 bits per heavy atom. The van der Waals surface area contributed by atoms with E-state index in [0.29, 0.717) is 10.7 Å². The van der Waals surface area contributed by atoms with Gasteiger partial charge in [0.25, 0.3) is 0 Å². The zero-order valence-corrected chi connectivity index (χ0v) is 10.7. The summed E-state index contributed by atoms with van der Waals surface area (Å²) in [4.78, 5) is 16.0. The van der Waals surface area contributed by atoms with Crippen LogP contribution in [0.25, 0.3) is 0 Å². The number of halogens is 1. The molecular weight excluding hydrogens is 238 g/mol. The topological polar surface area (TPSA) is 39.2 Å². The van der Waals surface area contributed by atoms with E-state index in [1.165, 1.54) is 0 Å². The number of aromatic nitrogens is 1. The quantitative estimate of drug-likeness (QED) is 0.612. The van der Waals surface area contributed by atoms with Crippen molar-refractivity contribution in [2.45, 2.75) is 45.1 Å². The summed E-state index contributed by atoms with van der Waals surface area (Å²) in [6, 6.07) is 3.32. The monoisotopic (exact) mass is 253 g/mol. The Labute approximate surface area is 106 Å². The minimum Gasteiger partial charge on any atom is -0.459 e. The molecule has 0 aliphatic heterocycles. The molecule has 1 aromatic rings. The van der Waals surface area contributed by atoms with Crippen LogP contribution in [-0.4, -0.2) is 17.1 Å². The van der Waals surface area contributed by atoms with Gasteiger partial charge < -0.3 is 4.74 Å². The number of aryl methyl sites for hydroxylation is 1. The van der Waals surface area contributed by atoms with Crippen LogP contribution in [0.1, 0.15) is 48.7 Å². The maximum Gasteiger partial charge on any atom is 0.338 e. The van der Waals surface area contributed by atoms with Crippen LogP contribution in [-0.2, 0) is 11.2 Å². The summed E-state index contributed by atoms with van der Waals surface area (Å²) in [5.74, 6) is -0.282. The van der Waals surface area contributed by atoms with Gasteiger partial charge in [0.15, 0.2) is 0 Å². The molecule has 1 aromatic heterocycles. The molecule has 3 nitrogen and oxygen atoms in total. The van der Waals surface area contributed by atoms with Gasteiger partial charge in [0, 0.05) is 5.69 Å². The molecule has 0 amide bonds. The van der Waals surface area contributed by atoms with Gasteiger partial charge in [-0.15, -0.1) is 0 Å². The van der Waals surface area contributed by atoms with Gasteiger partial charge in [-0.1, -0.05) is 18.5 Å². The van der Waals surface area contributed by atoms with E-state index in [0.717, 1.165) is 37.8 Å². The highest BCUT2D eigenvalue weighted by Crippen LogP contribution is 2.22. The molecule has 1 aliphatic rings. The number of esters is 1. The number of rotatable bonds is 3. The molecule has 4 heteroatoms. The summed E-state index contributed by atoms with van der Waals surface area (Å²) < 4.78 is 5.43. The van der Waals surface area contributed by atoms with Crippen LogP contribution in [0, 0.1) is 0 Å². The highest BCUT2D eigenvalue weighted by atomic mass is 35.5. The molecule has 0 unspecified atom stereocenters. The van der Waals surface area contributed by atoms with Crippen LogP contribution in [0.2, 0.25) is 5.15 Å². The third-order valence-corrected chi connectivity index (χ3v) is 3.21. The molecule has 0 saturated heterocycles. The highest BCUT2D eigenvalue weighted by Gasteiger charge is 2.20. The van der Waals surface area contributed by atoms with Crippen molar-refractivity contribution in [2.24, 2.45) is 0 Å². The Bertz CT molecular complexity index is 414. The maximum atomic E-state index is 11.9. The van der Waals surface area contributed by atoms with E-state index in [1.807, 2.05) is 6.92 Å². The molecule has 0 N–H and O–H groups in total. The average molecular weight is 254 g/mol. The van der Waals surface area contributed by atoms with E-state index in [1.54, 1.807) is 12.1 Å². The van der Waals surface area contributed by atoms with E-state index in [2.05, 4.69) is 4.98 Å². The average Bonchev–Trinajstić information content (AvgIpc) is 2.81. The summed E-state index contributed by atoms with van der Waals surface area (Å²) >= 11 is 5.87. The Balaban J connectivity index is 2.09. The third-order valence-electron chi connectivity index (χ3n) is 3.02. The van der Waals surface area contributed by atoms with E-state index in [-0.39, 0.29) is 12.1 Å². The lowest BCUT2D eigenvalue weighted by atomic mass is 10.2. The Kier molecular flexibility index (Phi) is 4.00. The Morgan fingerprint density at radius 3 is 2.82 bits per heavy atom. The second-order valence-electron chi connectivity index (χ2n) is 4.34. The molecule has 0 radical (unpaired) electrons. The molecule has 1 aliphatic carbocycles. The zero-order chi connectivity index (χ0) is 12.3. The predicted molar refractivity (Wildman–Crippen MR) is 66.3 cm³/mol. The summed E-state index contributed by atoms with van der Waals surface area (Å²) in [5, 5.41) is 0.350. The number of ether oxygens (including phenoxy) is 1. The van der Waals surface area contributed by atoms with Crippen molar-refractivity contribution in [3.63, 3.8) is 0 Å². The van der Waals surface area contributed by atoms with Gasteiger partial charge in [-0.05, 0) is 44.2 Å². The van der Waals surface area contributed by atoms with Gasteiger partial charge in [0.05, 0.1) is 5.56 Å². The smallest absolute Gasteiger partial charge is 0.338 e. The fourth-order valence-corrected chi connectivity index (χ4v) is 2.30. The molecule has 0 spiro atoms. The number of carbonyl (C=O) groups is 1. The molecule has 0 aromatic carbocycles. The predicted octanol–water partition coefficient (Wildman–Crippen LogP) is 3.40. The van der Waals surface area contributed by atoms with Crippen LogP contribution >= 0.6 is 11.6 Å². The Morgan fingerprint density at radius 1 is 1.47 bits per heavy atom. The molecule has 0 atom stereocenters.